The van der Waals surface area contributed by atoms with Gasteiger partial charge in [0.15, 0.2) is 6.10 Å². The zero-order valence-electron chi connectivity index (χ0n) is 11.7. The third kappa shape index (κ3) is 4.86. The molecule has 0 aromatic carbocycles. The summed E-state index contributed by atoms with van der Waals surface area (Å²) in [5.74, 6) is -0.185. The largest absolute Gasteiger partial charge is 0.453 e. The van der Waals surface area contributed by atoms with Crippen molar-refractivity contribution in [3.8, 4) is 0 Å². The Morgan fingerprint density at radius 3 is 2.95 bits per heavy atom. The highest BCUT2D eigenvalue weighted by atomic mass is 35.5. The van der Waals surface area contributed by atoms with Gasteiger partial charge in [0.1, 0.15) is 5.82 Å². The summed E-state index contributed by atoms with van der Waals surface area (Å²) in [6, 6.07) is 3.20. The zero-order chi connectivity index (χ0) is 15.2. The van der Waals surface area contributed by atoms with E-state index in [2.05, 4.69) is 16.4 Å². The predicted molar refractivity (Wildman–Crippen MR) is 79.9 cm³/mol. The lowest BCUT2D eigenvalue weighted by Crippen LogP contribution is -2.30. The number of esters is 1. The quantitative estimate of drug-likeness (QED) is 0.671. The van der Waals surface area contributed by atoms with Crippen molar-refractivity contribution >= 4 is 29.3 Å². The zero-order valence-corrected chi connectivity index (χ0v) is 12.5. The minimum absolute atomic E-state index is 0.227. The Hall–Kier alpha value is -1.88. The van der Waals surface area contributed by atoms with Crippen molar-refractivity contribution in [3.63, 3.8) is 0 Å². The predicted octanol–water partition coefficient (Wildman–Crippen LogP) is 2.96. The monoisotopic (exact) mass is 308 g/mol. The molecule has 1 aromatic heterocycles. The Balaban J connectivity index is 1.80. The van der Waals surface area contributed by atoms with Crippen molar-refractivity contribution in [3.05, 3.63) is 35.5 Å². The first-order valence-corrected chi connectivity index (χ1v) is 7.21. The summed E-state index contributed by atoms with van der Waals surface area (Å²) in [5, 5.41) is 3.05. The first-order chi connectivity index (χ1) is 10.0. The lowest BCUT2D eigenvalue weighted by atomic mass is 10.1. The normalized spacial score (nSPS) is 18.3. The molecular formula is C15H17ClN2O3. The van der Waals surface area contributed by atoms with Gasteiger partial charge in [-0.1, -0.05) is 23.8 Å². The molecule has 0 radical (unpaired) electrons. The van der Waals surface area contributed by atoms with Crippen LogP contribution in [-0.2, 0) is 14.3 Å². The number of anilines is 1. The van der Waals surface area contributed by atoms with Crippen LogP contribution in [0.2, 0.25) is 5.02 Å². The summed E-state index contributed by atoms with van der Waals surface area (Å²) in [6.45, 7) is 1.54. The smallest absolute Gasteiger partial charge is 0.307 e. The molecule has 112 valence electrons. The Kier molecular flexibility index (Phi) is 5.33. The first kappa shape index (κ1) is 15.5. The number of allylic oxidation sites excluding steroid dienone is 2. The van der Waals surface area contributed by atoms with Gasteiger partial charge in [0.2, 0.25) is 0 Å². The third-order valence-corrected chi connectivity index (χ3v) is 3.42. The van der Waals surface area contributed by atoms with E-state index < -0.39 is 12.0 Å². The number of rotatable bonds is 5. The number of amides is 1. The molecule has 0 spiro atoms. The summed E-state index contributed by atoms with van der Waals surface area (Å²) >= 11 is 5.71. The van der Waals surface area contributed by atoms with Crippen LogP contribution in [0.1, 0.15) is 26.2 Å². The summed E-state index contributed by atoms with van der Waals surface area (Å²) in [6.07, 6.45) is 6.92. The highest BCUT2D eigenvalue weighted by molar-refractivity contribution is 6.30. The van der Waals surface area contributed by atoms with E-state index in [0.29, 0.717) is 17.3 Å². The van der Waals surface area contributed by atoms with Crippen LogP contribution >= 0.6 is 11.6 Å². The molecule has 1 N–H and O–H groups in total. The second-order valence-electron chi connectivity index (χ2n) is 4.95. The number of halogens is 1. The van der Waals surface area contributed by atoms with Gasteiger partial charge >= 0.3 is 5.97 Å². The summed E-state index contributed by atoms with van der Waals surface area (Å²) in [5.41, 5.74) is 0. The van der Waals surface area contributed by atoms with Crippen LogP contribution < -0.4 is 5.32 Å². The number of carbonyl (C=O) groups is 2. The van der Waals surface area contributed by atoms with Gasteiger partial charge in [0, 0.05) is 6.20 Å². The van der Waals surface area contributed by atoms with Crippen LogP contribution in [0.3, 0.4) is 0 Å². The van der Waals surface area contributed by atoms with E-state index in [1.54, 1.807) is 12.1 Å². The number of aromatic nitrogens is 1. The fraction of sp³-hybridized carbons (Fsp3) is 0.400. The van der Waals surface area contributed by atoms with Gasteiger partial charge in [-0.25, -0.2) is 4.98 Å². The van der Waals surface area contributed by atoms with Gasteiger partial charge in [0.25, 0.3) is 5.91 Å². The fourth-order valence-electron chi connectivity index (χ4n) is 2.06. The number of nitrogens with one attached hydrogen (secondary N) is 1. The SMILES string of the molecule is C[C@@H](OC(=O)C[C@H]1C=CCC1)C(=O)Nc1ccc(Cl)cn1. The van der Waals surface area contributed by atoms with Gasteiger partial charge < -0.3 is 10.1 Å². The molecule has 0 aliphatic heterocycles. The van der Waals surface area contributed by atoms with E-state index in [9.17, 15) is 9.59 Å². The van der Waals surface area contributed by atoms with Gasteiger partial charge in [-0.05, 0) is 37.8 Å². The van der Waals surface area contributed by atoms with Crippen LogP contribution in [0, 0.1) is 5.92 Å². The molecule has 2 atom stereocenters. The Labute approximate surface area is 128 Å². The van der Waals surface area contributed by atoms with Crippen molar-refractivity contribution in [1.82, 2.24) is 4.98 Å². The lowest BCUT2D eigenvalue weighted by molar-refractivity contribution is -0.153. The van der Waals surface area contributed by atoms with Crippen LogP contribution in [0.25, 0.3) is 0 Å². The van der Waals surface area contributed by atoms with Crippen molar-refractivity contribution in [2.45, 2.75) is 32.3 Å². The van der Waals surface area contributed by atoms with Gasteiger partial charge in [-0.3, -0.25) is 9.59 Å². The van der Waals surface area contributed by atoms with Gasteiger partial charge in [0.05, 0.1) is 11.4 Å². The highest BCUT2D eigenvalue weighted by Crippen LogP contribution is 2.21. The van der Waals surface area contributed by atoms with Gasteiger partial charge in [-0.15, -0.1) is 0 Å². The standard InChI is InChI=1S/C15H17ClN2O3/c1-10(21-14(19)8-11-4-2-3-5-11)15(20)18-13-7-6-12(16)9-17-13/h2,4,6-7,9-11H,3,5,8H2,1H3,(H,17,18,20)/t10-,11+/m1/s1. The summed E-state index contributed by atoms with van der Waals surface area (Å²) in [4.78, 5) is 27.6. The number of nitrogens with zero attached hydrogens (tertiary/aromatic N) is 1. The number of hydrogen-bond donors (Lipinski definition) is 1. The Bertz CT molecular complexity index is 542. The van der Waals surface area contributed by atoms with E-state index in [1.807, 2.05) is 6.08 Å². The molecule has 6 heteroatoms. The Morgan fingerprint density at radius 1 is 1.52 bits per heavy atom. The van der Waals surface area contributed by atoms with Crippen LogP contribution in [0.4, 0.5) is 5.82 Å². The summed E-state index contributed by atoms with van der Waals surface area (Å²) < 4.78 is 5.13. The molecule has 1 heterocycles. The van der Waals surface area contributed by atoms with Crippen LogP contribution in [0.15, 0.2) is 30.5 Å². The molecule has 0 saturated heterocycles. The van der Waals surface area contributed by atoms with Crippen LogP contribution in [-0.4, -0.2) is 23.0 Å². The van der Waals surface area contributed by atoms with Crippen molar-refractivity contribution in [2.75, 3.05) is 5.32 Å². The molecule has 1 aromatic rings. The van der Waals surface area contributed by atoms with E-state index >= 15 is 0 Å². The number of pyridine rings is 1. The fourth-order valence-corrected chi connectivity index (χ4v) is 2.17. The van der Waals surface area contributed by atoms with E-state index in [-0.39, 0.29) is 11.9 Å². The first-order valence-electron chi connectivity index (χ1n) is 6.83. The average molecular weight is 309 g/mol. The second kappa shape index (κ2) is 7.22. The minimum atomic E-state index is -0.861. The Morgan fingerprint density at radius 2 is 2.33 bits per heavy atom. The molecule has 0 saturated carbocycles. The number of carbonyl (C=O) groups excluding carboxylic acids is 2. The maximum absolute atomic E-state index is 11.9. The van der Waals surface area contributed by atoms with Crippen molar-refractivity contribution < 1.29 is 14.3 Å². The molecule has 0 fully saturated rings. The molecule has 21 heavy (non-hydrogen) atoms. The molecule has 0 unspecified atom stereocenters. The third-order valence-electron chi connectivity index (χ3n) is 3.20. The van der Waals surface area contributed by atoms with E-state index in [0.717, 1.165) is 12.8 Å². The minimum Gasteiger partial charge on any atom is -0.453 e. The maximum Gasteiger partial charge on any atom is 0.307 e. The van der Waals surface area contributed by atoms with Gasteiger partial charge in [-0.2, -0.15) is 0 Å². The molecular weight excluding hydrogens is 292 g/mol. The molecule has 0 bridgehead atoms. The van der Waals surface area contributed by atoms with Crippen LogP contribution in [0.5, 0.6) is 0 Å². The molecule has 1 aliphatic rings. The van der Waals surface area contributed by atoms with E-state index in [4.69, 9.17) is 16.3 Å². The molecule has 1 amide bonds. The van der Waals surface area contributed by atoms with Crippen molar-refractivity contribution in [1.29, 1.82) is 0 Å². The second-order valence-corrected chi connectivity index (χ2v) is 5.39. The number of hydrogen-bond acceptors (Lipinski definition) is 4. The van der Waals surface area contributed by atoms with E-state index in [1.165, 1.54) is 13.1 Å². The topological polar surface area (TPSA) is 68.3 Å². The molecule has 1 aliphatic carbocycles. The number of ether oxygens (including phenoxy) is 1. The lowest BCUT2D eigenvalue weighted by Gasteiger charge is -2.14. The molecule has 5 nitrogen and oxygen atoms in total. The van der Waals surface area contributed by atoms with Crippen molar-refractivity contribution in [2.24, 2.45) is 5.92 Å². The summed E-state index contributed by atoms with van der Waals surface area (Å²) in [7, 11) is 0. The molecule has 2 rings (SSSR count). The highest BCUT2D eigenvalue weighted by Gasteiger charge is 2.21. The average Bonchev–Trinajstić information content (AvgIpc) is 2.94. The maximum atomic E-state index is 11.9.